The number of carbonyl (C=O) groups is 2. The summed E-state index contributed by atoms with van der Waals surface area (Å²) in [5.74, 6) is -0.773. The lowest BCUT2D eigenvalue weighted by atomic mass is 10.1. The van der Waals surface area contributed by atoms with E-state index in [1.807, 2.05) is 0 Å². The summed E-state index contributed by atoms with van der Waals surface area (Å²) in [6, 6.07) is 4.29. The fraction of sp³-hybridized carbons (Fsp3) is 0.385. The Bertz CT molecular complexity index is 476. The average molecular weight is 286 g/mol. The van der Waals surface area contributed by atoms with Gasteiger partial charge in [0, 0.05) is 25.0 Å². The number of benzene rings is 1. The molecule has 6 heteroatoms. The number of ether oxygens (including phenoxy) is 1. The van der Waals surface area contributed by atoms with Crippen molar-refractivity contribution in [1.29, 1.82) is 0 Å². The predicted molar refractivity (Wildman–Crippen MR) is 71.3 cm³/mol. The molecule has 0 bridgehead atoms. The van der Waals surface area contributed by atoms with E-state index in [1.165, 1.54) is 30.2 Å². The predicted octanol–water partition coefficient (Wildman–Crippen LogP) is 2.07. The number of esters is 1. The minimum absolute atomic E-state index is 0.116. The van der Waals surface area contributed by atoms with E-state index in [-0.39, 0.29) is 29.6 Å². The summed E-state index contributed by atoms with van der Waals surface area (Å²) in [6.07, 6.45) is 0.742. The highest BCUT2D eigenvalue weighted by Gasteiger charge is 2.16. The van der Waals surface area contributed by atoms with Crippen molar-refractivity contribution in [3.8, 4) is 5.75 Å². The number of hydrogen-bond donors (Lipinski definition) is 1. The van der Waals surface area contributed by atoms with Crippen LogP contribution < -0.4 is 0 Å². The second kappa shape index (κ2) is 6.99. The van der Waals surface area contributed by atoms with Crippen LogP contribution in [0.4, 0.5) is 0 Å². The van der Waals surface area contributed by atoms with Crippen LogP contribution in [-0.4, -0.2) is 42.6 Å². The van der Waals surface area contributed by atoms with Crippen LogP contribution in [0.2, 0.25) is 5.02 Å². The lowest BCUT2D eigenvalue weighted by Gasteiger charge is -2.17. The Labute approximate surface area is 116 Å². The first-order chi connectivity index (χ1) is 8.95. The molecule has 0 aliphatic carbocycles. The fourth-order valence-electron chi connectivity index (χ4n) is 1.55. The standard InChI is InChI=1S/C13H16ClNO4/c1-15(7-3-4-12(17)19-2)13(18)10-8-9(14)5-6-11(10)16/h5-6,8,16H,3-4,7H2,1-2H3. The molecule has 1 amide bonds. The van der Waals surface area contributed by atoms with Gasteiger partial charge in [0.25, 0.3) is 5.91 Å². The Morgan fingerprint density at radius 2 is 2.11 bits per heavy atom. The number of nitrogens with zero attached hydrogens (tertiary/aromatic N) is 1. The van der Waals surface area contributed by atoms with Gasteiger partial charge in [-0.25, -0.2) is 0 Å². The minimum Gasteiger partial charge on any atom is -0.507 e. The van der Waals surface area contributed by atoms with Crippen molar-refractivity contribution in [2.75, 3.05) is 20.7 Å². The molecule has 0 aliphatic heterocycles. The first kappa shape index (κ1) is 15.3. The third kappa shape index (κ3) is 4.44. The van der Waals surface area contributed by atoms with Gasteiger partial charge in [0.05, 0.1) is 12.7 Å². The van der Waals surface area contributed by atoms with E-state index >= 15 is 0 Å². The van der Waals surface area contributed by atoms with Crippen molar-refractivity contribution in [3.05, 3.63) is 28.8 Å². The van der Waals surface area contributed by atoms with E-state index in [1.54, 1.807) is 7.05 Å². The molecule has 0 spiro atoms. The molecule has 0 saturated heterocycles. The van der Waals surface area contributed by atoms with Gasteiger partial charge in [-0.2, -0.15) is 0 Å². The van der Waals surface area contributed by atoms with E-state index in [9.17, 15) is 14.7 Å². The van der Waals surface area contributed by atoms with Gasteiger partial charge in [-0.05, 0) is 24.6 Å². The quantitative estimate of drug-likeness (QED) is 0.841. The number of carbonyl (C=O) groups excluding carboxylic acids is 2. The Balaban J connectivity index is 2.61. The topological polar surface area (TPSA) is 66.8 Å². The van der Waals surface area contributed by atoms with Gasteiger partial charge in [-0.1, -0.05) is 11.6 Å². The number of hydrogen-bond acceptors (Lipinski definition) is 4. The zero-order valence-corrected chi connectivity index (χ0v) is 11.6. The molecule has 0 fully saturated rings. The van der Waals surface area contributed by atoms with E-state index < -0.39 is 0 Å². The van der Waals surface area contributed by atoms with Crippen molar-refractivity contribution >= 4 is 23.5 Å². The van der Waals surface area contributed by atoms with Crippen LogP contribution in [0.3, 0.4) is 0 Å². The highest BCUT2D eigenvalue weighted by atomic mass is 35.5. The minimum atomic E-state index is -0.343. The van der Waals surface area contributed by atoms with Crippen LogP contribution in [-0.2, 0) is 9.53 Å². The second-order valence-corrected chi connectivity index (χ2v) is 4.50. The molecule has 0 aliphatic rings. The summed E-state index contributed by atoms with van der Waals surface area (Å²) < 4.78 is 4.51. The number of methoxy groups -OCH3 is 1. The smallest absolute Gasteiger partial charge is 0.305 e. The normalized spacial score (nSPS) is 10.1. The van der Waals surface area contributed by atoms with Gasteiger partial charge in [-0.15, -0.1) is 0 Å². The maximum absolute atomic E-state index is 12.1. The molecule has 0 heterocycles. The van der Waals surface area contributed by atoms with Crippen molar-refractivity contribution < 1.29 is 19.4 Å². The molecular formula is C13H16ClNO4. The molecule has 1 rings (SSSR count). The van der Waals surface area contributed by atoms with E-state index in [0.29, 0.717) is 18.0 Å². The molecule has 1 N–H and O–H groups in total. The van der Waals surface area contributed by atoms with Crippen LogP contribution in [0, 0.1) is 0 Å². The molecule has 0 unspecified atom stereocenters. The zero-order chi connectivity index (χ0) is 14.4. The summed E-state index contributed by atoms with van der Waals surface area (Å²) in [7, 11) is 2.92. The fourth-order valence-corrected chi connectivity index (χ4v) is 1.72. The second-order valence-electron chi connectivity index (χ2n) is 4.07. The Kier molecular flexibility index (Phi) is 5.63. The maximum atomic E-state index is 12.1. The number of amides is 1. The lowest BCUT2D eigenvalue weighted by Crippen LogP contribution is -2.28. The first-order valence-corrected chi connectivity index (χ1v) is 6.14. The van der Waals surface area contributed by atoms with E-state index in [4.69, 9.17) is 11.6 Å². The molecule has 5 nitrogen and oxygen atoms in total. The van der Waals surface area contributed by atoms with Crippen LogP contribution >= 0.6 is 11.6 Å². The Morgan fingerprint density at radius 1 is 1.42 bits per heavy atom. The lowest BCUT2D eigenvalue weighted by molar-refractivity contribution is -0.140. The SMILES string of the molecule is COC(=O)CCCN(C)C(=O)c1cc(Cl)ccc1O. The molecule has 1 aromatic rings. The van der Waals surface area contributed by atoms with Crippen LogP contribution in [0.15, 0.2) is 18.2 Å². The number of rotatable bonds is 5. The van der Waals surface area contributed by atoms with Crippen LogP contribution in [0.1, 0.15) is 23.2 Å². The van der Waals surface area contributed by atoms with Gasteiger partial charge in [0.15, 0.2) is 0 Å². The summed E-state index contributed by atoms with van der Waals surface area (Å²) >= 11 is 5.79. The molecule has 0 atom stereocenters. The molecule has 0 aromatic heterocycles. The average Bonchev–Trinajstić information content (AvgIpc) is 2.40. The van der Waals surface area contributed by atoms with E-state index in [2.05, 4.69) is 4.74 Å². The zero-order valence-electron chi connectivity index (χ0n) is 10.9. The molecule has 19 heavy (non-hydrogen) atoms. The summed E-state index contributed by atoms with van der Waals surface area (Å²) in [5, 5.41) is 10.0. The first-order valence-electron chi connectivity index (χ1n) is 5.76. The third-order valence-electron chi connectivity index (χ3n) is 2.64. The molecular weight excluding hydrogens is 270 g/mol. The largest absolute Gasteiger partial charge is 0.507 e. The van der Waals surface area contributed by atoms with Crippen molar-refractivity contribution in [2.24, 2.45) is 0 Å². The summed E-state index contributed by atoms with van der Waals surface area (Å²) in [6.45, 7) is 0.389. The number of phenols is 1. The highest BCUT2D eigenvalue weighted by Crippen LogP contribution is 2.22. The Hall–Kier alpha value is -1.75. The highest BCUT2D eigenvalue weighted by molar-refractivity contribution is 6.31. The third-order valence-corrected chi connectivity index (χ3v) is 2.87. The number of phenolic OH excluding ortho intramolecular Hbond substituents is 1. The maximum Gasteiger partial charge on any atom is 0.305 e. The van der Waals surface area contributed by atoms with Gasteiger partial charge in [0.2, 0.25) is 0 Å². The number of aromatic hydroxyl groups is 1. The molecule has 104 valence electrons. The van der Waals surface area contributed by atoms with Crippen molar-refractivity contribution in [1.82, 2.24) is 4.90 Å². The van der Waals surface area contributed by atoms with E-state index in [0.717, 1.165) is 0 Å². The number of halogens is 1. The molecule has 1 aromatic carbocycles. The van der Waals surface area contributed by atoms with Crippen molar-refractivity contribution in [3.63, 3.8) is 0 Å². The van der Waals surface area contributed by atoms with Gasteiger partial charge in [-0.3, -0.25) is 9.59 Å². The van der Waals surface area contributed by atoms with Crippen LogP contribution in [0.5, 0.6) is 5.75 Å². The van der Waals surface area contributed by atoms with Crippen molar-refractivity contribution in [2.45, 2.75) is 12.8 Å². The molecule has 0 saturated carbocycles. The Morgan fingerprint density at radius 3 is 2.74 bits per heavy atom. The van der Waals surface area contributed by atoms with Crippen LogP contribution in [0.25, 0.3) is 0 Å². The van der Waals surface area contributed by atoms with Gasteiger partial charge < -0.3 is 14.7 Å². The summed E-state index contributed by atoms with van der Waals surface area (Å²) in [5.41, 5.74) is 0.146. The monoisotopic (exact) mass is 285 g/mol. The van der Waals surface area contributed by atoms with Gasteiger partial charge in [0.1, 0.15) is 5.75 Å². The summed E-state index contributed by atoms with van der Waals surface area (Å²) in [4.78, 5) is 24.4. The van der Waals surface area contributed by atoms with Gasteiger partial charge >= 0.3 is 5.97 Å². The molecule has 0 radical (unpaired) electrons.